The van der Waals surface area contributed by atoms with Crippen molar-refractivity contribution in [2.75, 3.05) is 5.32 Å². The van der Waals surface area contributed by atoms with Crippen LogP contribution >= 0.6 is 0 Å². The fraction of sp³-hybridized carbons (Fsp3) is 0.263. The number of Topliss-reactive ketones (excluding diaryl/α,β-unsaturated/α-hetero) is 1. The molecule has 0 saturated carbocycles. The van der Waals surface area contributed by atoms with E-state index in [1.54, 1.807) is 30.3 Å². The van der Waals surface area contributed by atoms with Crippen LogP contribution < -0.4 is 5.32 Å². The highest BCUT2D eigenvalue weighted by Gasteiger charge is 2.11. The first-order valence-electron chi connectivity index (χ1n) is 7.71. The van der Waals surface area contributed by atoms with Crippen LogP contribution in [0.25, 0.3) is 0 Å². The minimum atomic E-state index is -0.289. The van der Waals surface area contributed by atoms with Gasteiger partial charge in [-0.2, -0.15) is 0 Å². The summed E-state index contributed by atoms with van der Waals surface area (Å²) in [6, 6.07) is 12.5. The molecule has 4 heteroatoms. The Kier molecular flexibility index (Phi) is 5.52. The third-order valence-electron chi connectivity index (χ3n) is 3.69. The predicted molar refractivity (Wildman–Crippen MR) is 90.9 cm³/mol. The van der Waals surface area contributed by atoms with Crippen molar-refractivity contribution in [1.82, 2.24) is 0 Å². The highest BCUT2D eigenvalue weighted by Crippen LogP contribution is 2.24. The Morgan fingerprint density at radius 3 is 2.35 bits per heavy atom. The van der Waals surface area contributed by atoms with Gasteiger partial charge in [-0.1, -0.05) is 37.3 Å². The molecular formula is C19H21NO3. The number of carbonyl (C=O) groups excluding carboxylic acids is 2. The second-order valence-corrected chi connectivity index (χ2v) is 5.54. The summed E-state index contributed by atoms with van der Waals surface area (Å²) in [5.74, 6) is -0.321. The van der Waals surface area contributed by atoms with Crippen LogP contribution in [0.5, 0.6) is 5.75 Å². The highest BCUT2D eigenvalue weighted by molar-refractivity contribution is 6.00. The molecule has 0 bridgehead atoms. The van der Waals surface area contributed by atoms with E-state index in [-0.39, 0.29) is 30.3 Å². The smallest absolute Gasteiger partial charge is 0.224 e. The number of rotatable bonds is 6. The normalized spacial score (nSPS) is 10.3. The van der Waals surface area contributed by atoms with E-state index in [4.69, 9.17) is 0 Å². The molecule has 0 saturated heterocycles. The van der Waals surface area contributed by atoms with Gasteiger partial charge in [-0.3, -0.25) is 9.59 Å². The van der Waals surface area contributed by atoms with Gasteiger partial charge in [-0.15, -0.1) is 0 Å². The molecule has 120 valence electrons. The molecule has 0 aliphatic rings. The zero-order valence-corrected chi connectivity index (χ0v) is 13.4. The lowest BCUT2D eigenvalue weighted by Crippen LogP contribution is -2.13. The first-order valence-corrected chi connectivity index (χ1v) is 7.71. The molecule has 0 aliphatic heterocycles. The van der Waals surface area contributed by atoms with Crippen LogP contribution in [0.4, 0.5) is 5.69 Å². The Hall–Kier alpha value is -2.62. The molecule has 0 unspecified atom stereocenters. The summed E-state index contributed by atoms with van der Waals surface area (Å²) < 4.78 is 0. The van der Waals surface area contributed by atoms with Crippen molar-refractivity contribution in [3.05, 3.63) is 59.2 Å². The van der Waals surface area contributed by atoms with Gasteiger partial charge in [0.15, 0.2) is 5.78 Å². The summed E-state index contributed by atoms with van der Waals surface area (Å²) in [5, 5.41) is 12.4. The fourth-order valence-electron chi connectivity index (χ4n) is 2.26. The third-order valence-corrected chi connectivity index (χ3v) is 3.69. The van der Waals surface area contributed by atoms with E-state index in [2.05, 4.69) is 12.2 Å². The number of nitrogens with one attached hydrogen (secondary N) is 1. The number of hydrogen-bond acceptors (Lipinski definition) is 3. The van der Waals surface area contributed by atoms with Gasteiger partial charge in [-0.25, -0.2) is 0 Å². The molecular weight excluding hydrogens is 290 g/mol. The number of phenols is 1. The van der Waals surface area contributed by atoms with E-state index in [1.165, 1.54) is 5.56 Å². The van der Waals surface area contributed by atoms with Gasteiger partial charge in [0.25, 0.3) is 0 Å². The fourth-order valence-corrected chi connectivity index (χ4v) is 2.26. The van der Waals surface area contributed by atoms with E-state index in [0.717, 1.165) is 12.0 Å². The zero-order chi connectivity index (χ0) is 16.8. The van der Waals surface area contributed by atoms with Crippen molar-refractivity contribution >= 4 is 17.4 Å². The van der Waals surface area contributed by atoms with Crippen LogP contribution in [-0.2, 0) is 11.2 Å². The molecule has 0 fully saturated rings. The van der Waals surface area contributed by atoms with Crippen molar-refractivity contribution < 1.29 is 14.7 Å². The molecule has 0 aliphatic carbocycles. The summed E-state index contributed by atoms with van der Waals surface area (Å²) >= 11 is 0. The Labute approximate surface area is 136 Å². The molecule has 0 atom stereocenters. The van der Waals surface area contributed by atoms with Gasteiger partial charge in [0.2, 0.25) is 5.91 Å². The van der Waals surface area contributed by atoms with Gasteiger partial charge in [0, 0.05) is 18.4 Å². The Bertz CT molecular complexity index is 705. The lowest BCUT2D eigenvalue weighted by Gasteiger charge is -2.08. The van der Waals surface area contributed by atoms with Crippen LogP contribution in [0.2, 0.25) is 0 Å². The minimum absolute atomic E-state index is 0.0276. The lowest BCUT2D eigenvalue weighted by atomic mass is 10.0. The van der Waals surface area contributed by atoms with Gasteiger partial charge in [0.1, 0.15) is 5.75 Å². The second kappa shape index (κ2) is 7.58. The SMILES string of the molecule is CCc1ccc(C(=O)CCC(=O)Nc2ccc(C)cc2O)cc1. The first kappa shape index (κ1) is 16.7. The molecule has 1 amide bonds. The Morgan fingerprint density at radius 2 is 1.74 bits per heavy atom. The topological polar surface area (TPSA) is 66.4 Å². The van der Waals surface area contributed by atoms with Crippen molar-refractivity contribution in [3.63, 3.8) is 0 Å². The first-order chi connectivity index (χ1) is 11.0. The highest BCUT2D eigenvalue weighted by atomic mass is 16.3. The lowest BCUT2D eigenvalue weighted by molar-refractivity contribution is -0.116. The zero-order valence-electron chi connectivity index (χ0n) is 13.4. The molecule has 2 rings (SSSR count). The van der Waals surface area contributed by atoms with Gasteiger partial charge in [0.05, 0.1) is 5.69 Å². The molecule has 0 spiro atoms. The Morgan fingerprint density at radius 1 is 1.04 bits per heavy atom. The second-order valence-electron chi connectivity index (χ2n) is 5.54. The number of carbonyl (C=O) groups is 2. The monoisotopic (exact) mass is 311 g/mol. The largest absolute Gasteiger partial charge is 0.506 e. The molecule has 4 nitrogen and oxygen atoms in total. The van der Waals surface area contributed by atoms with Crippen LogP contribution in [0.3, 0.4) is 0 Å². The maximum atomic E-state index is 12.1. The number of aryl methyl sites for hydroxylation is 2. The quantitative estimate of drug-likeness (QED) is 0.629. The molecule has 2 aromatic rings. The maximum absolute atomic E-state index is 12.1. The van der Waals surface area contributed by atoms with Crippen LogP contribution in [-0.4, -0.2) is 16.8 Å². The number of phenolic OH excluding ortho intramolecular Hbond substituents is 1. The summed E-state index contributed by atoms with van der Waals surface area (Å²) in [5.41, 5.74) is 3.06. The average molecular weight is 311 g/mol. The van der Waals surface area contributed by atoms with Gasteiger partial charge >= 0.3 is 0 Å². The summed E-state index contributed by atoms with van der Waals surface area (Å²) in [4.78, 5) is 24.0. The van der Waals surface area contributed by atoms with E-state index in [0.29, 0.717) is 11.3 Å². The van der Waals surface area contributed by atoms with Crippen LogP contribution in [0.15, 0.2) is 42.5 Å². The molecule has 23 heavy (non-hydrogen) atoms. The number of ketones is 1. The number of hydrogen-bond donors (Lipinski definition) is 2. The van der Waals surface area contributed by atoms with Crippen molar-refractivity contribution in [1.29, 1.82) is 0 Å². The minimum Gasteiger partial charge on any atom is -0.506 e. The molecule has 0 heterocycles. The van der Waals surface area contributed by atoms with E-state index >= 15 is 0 Å². The molecule has 0 radical (unpaired) electrons. The maximum Gasteiger partial charge on any atom is 0.224 e. The van der Waals surface area contributed by atoms with E-state index < -0.39 is 0 Å². The van der Waals surface area contributed by atoms with E-state index in [1.807, 2.05) is 19.1 Å². The van der Waals surface area contributed by atoms with Crippen molar-refractivity contribution in [3.8, 4) is 5.75 Å². The summed E-state index contributed by atoms with van der Waals surface area (Å²) in [7, 11) is 0. The number of anilines is 1. The van der Waals surface area contributed by atoms with Gasteiger partial charge in [-0.05, 0) is 36.6 Å². The van der Waals surface area contributed by atoms with E-state index in [9.17, 15) is 14.7 Å². The van der Waals surface area contributed by atoms with Crippen molar-refractivity contribution in [2.45, 2.75) is 33.1 Å². The van der Waals surface area contributed by atoms with Gasteiger partial charge < -0.3 is 10.4 Å². The van der Waals surface area contributed by atoms with Crippen LogP contribution in [0, 0.1) is 6.92 Å². The number of benzene rings is 2. The standard InChI is InChI=1S/C19H21NO3/c1-3-14-5-7-15(8-6-14)17(21)10-11-19(23)20-16-9-4-13(2)12-18(16)22/h4-9,12,22H,3,10-11H2,1-2H3,(H,20,23). The molecule has 2 aromatic carbocycles. The summed E-state index contributed by atoms with van der Waals surface area (Å²) in [6.07, 6.45) is 1.16. The van der Waals surface area contributed by atoms with Crippen molar-refractivity contribution in [2.24, 2.45) is 0 Å². The number of aromatic hydroxyl groups is 1. The summed E-state index contributed by atoms with van der Waals surface area (Å²) in [6.45, 7) is 3.91. The number of amides is 1. The Balaban J connectivity index is 1.89. The average Bonchev–Trinajstić information content (AvgIpc) is 2.55. The van der Waals surface area contributed by atoms with Crippen LogP contribution in [0.1, 0.15) is 41.3 Å². The molecule has 2 N–H and O–H groups in total. The predicted octanol–water partition coefficient (Wildman–Crippen LogP) is 3.86. The molecule has 0 aromatic heterocycles. The third kappa shape index (κ3) is 4.68.